The summed E-state index contributed by atoms with van der Waals surface area (Å²) in [5, 5.41) is 1.24. The highest BCUT2D eigenvalue weighted by Crippen LogP contribution is 2.45. The first-order valence-electron chi connectivity index (χ1n) is 10.9. The van der Waals surface area contributed by atoms with Crippen molar-refractivity contribution < 1.29 is 9.53 Å². The summed E-state index contributed by atoms with van der Waals surface area (Å²) in [6, 6.07) is 18.8. The molecule has 0 spiro atoms. The quantitative estimate of drug-likeness (QED) is 0.526. The predicted octanol–water partition coefficient (Wildman–Crippen LogP) is 5.40. The lowest BCUT2D eigenvalue weighted by molar-refractivity contribution is -0.149. The number of carbonyl (C=O) groups is 1. The average molecular weight is 453 g/mol. The summed E-state index contributed by atoms with van der Waals surface area (Å²) in [6.07, 6.45) is 2.99. The Balaban J connectivity index is 1.59. The molecule has 1 N–H and O–H groups in total. The van der Waals surface area contributed by atoms with E-state index < -0.39 is 0 Å². The number of nitrogens with zero attached hydrogens (tertiary/aromatic N) is 1. The van der Waals surface area contributed by atoms with Crippen molar-refractivity contribution in [2.24, 2.45) is 0 Å². The molecule has 2 aliphatic heterocycles. The monoisotopic (exact) mass is 452 g/mol. The predicted molar refractivity (Wildman–Crippen MR) is 130 cm³/mol. The Morgan fingerprint density at radius 2 is 1.84 bits per heavy atom. The SMILES string of the molecule is COC(=O)[C@H]1Cc2c([nH]c3ccccc23)[C@@H](CC2SCCCS2)N1Cc1ccccc1. The average Bonchev–Trinajstić information content (AvgIpc) is 3.20. The maximum absolute atomic E-state index is 13.0. The number of ether oxygens (including phenoxy) is 1. The number of aromatic amines is 1. The van der Waals surface area contributed by atoms with Gasteiger partial charge in [-0.05, 0) is 41.5 Å². The number of thioether (sulfide) groups is 2. The maximum Gasteiger partial charge on any atom is 0.323 e. The molecule has 0 radical (unpaired) electrons. The van der Waals surface area contributed by atoms with E-state index in [9.17, 15) is 4.79 Å². The number of nitrogens with one attached hydrogen (secondary N) is 1. The molecule has 3 aromatic rings. The molecule has 1 fully saturated rings. The molecule has 6 heteroatoms. The molecule has 2 atom stereocenters. The summed E-state index contributed by atoms with van der Waals surface area (Å²) in [4.78, 5) is 19.1. The fourth-order valence-electron chi connectivity index (χ4n) is 4.90. The number of fused-ring (bicyclic) bond motifs is 3. The molecule has 162 valence electrons. The molecule has 1 aromatic heterocycles. The number of aromatic nitrogens is 1. The zero-order valence-corrected chi connectivity index (χ0v) is 19.4. The zero-order chi connectivity index (χ0) is 21.2. The Morgan fingerprint density at radius 1 is 1.10 bits per heavy atom. The zero-order valence-electron chi connectivity index (χ0n) is 17.8. The van der Waals surface area contributed by atoms with Crippen LogP contribution in [0.25, 0.3) is 10.9 Å². The van der Waals surface area contributed by atoms with Crippen molar-refractivity contribution in [3.63, 3.8) is 0 Å². The van der Waals surface area contributed by atoms with Crippen LogP contribution in [0.5, 0.6) is 0 Å². The van der Waals surface area contributed by atoms with Crippen molar-refractivity contribution in [2.75, 3.05) is 18.6 Å². The molecule has 0 unspecified atom stereocenters. The van der Waals surface area contributed by atoms with E-state index in [2.05, 4.69) is 81.9 Å². The van der Waals surface area contributed by atoms with Gasteiger partial charge in [-0.1, -0.05) is 48.5 Å². The molecule has 0 bridgehead atoms. The van der Waals surface area contributed by atoms with E-state index in [0.29, 0.717) is 11.0 Å². The Bertz CT molecular complexity index is 1050. The van der Waals surface area contributed by atoms with Gasteiger partial charge in [0.1, 0.15) is 6.04 Å². The molecule has 0 aliphatic carbocycles. The van der Waals surface area contributed by atoms with Crippen LogP contribution in [0.2, 0.25) is 0 Å². The Labute approximate surface area is 192 Å². The fourth-order valence-corrected chi connectivity index (χ4v) is 7.83. The van der Waals surface area contributed by atoms with E-state index in [0.717, 1.165) is 18.5 Å². The lowest BCUT2D eigenvalue weighted by Crippen LogP contribution is -2.48. The minimum atomic E-state index is -0.277. The number of esters is 1. The molecular weight excluding hydrogens is 424 g/mol. The second kappa shape index (κ2) is 9.31. The first kappa shape index (κ1) is 21.0. The van der Waals surface area contributed by atoms with Crippen LogP contribution in [0, 0.1) is 0 Å². The first-order chi connectivity index (χ1) is 15.2. The third-order valence-corrected chi connectivity index (χ3v) is 9.36. The topological polar surface area (TPSA) is 45.3 Å². The summed E-state index contributed by atoms with van der Waals surface area (Å²) < 4.78 is 5.85. The van der Waals surface area contributed by atoms with Gasteiger partial charge in [-0.25, -0.2) is 0 Å². The van der Waals surface area contributed by atoms with Gasteiger partial charge in [0, 0.05) is 29.6 Å². The molecule has 2 aromatic carbocycles. The van der Waals surface area contributed by atoms with Gasteiger partial charge in [-0.3, -0.25) is 9.69 Å². The van der Waals surface area contributed by atoms with Crippen molar-refractivity contribution in [1.29, 1.82) is 0 Å². The first-order valence-corrected chi connectivity index (χ1v) is 13.0. The van der Waals surface area contributed by atoms with Gasteiger partial charge >= 0.3 is 5.97 Å². The summed E-state index contributed by atoms with van der Waals surface area (Å²) in [6.45, 7) is 0.738. The number of rotatable bonds is 5. The number of carbonyl (C=O) groups excluding carboxylic acids is 1. The molecule has 31 heavy (non-hydrogen) atoms. The smallest absolute Gasteiger partial charge is 0.323 e. The van der Waals surface area contributed by atoms with Gasteiger partial charge in [0.25, 0.3) is 0 Å². The third kappa shape index (κ3) is 4.26. The molecular formula is C25H28N2O2S2. The van der Waals surface area contributed by atoms with Gasteiger partial charge in [0.2, 0.25) is 0 Å². The van der Waals surface area contributed by atoms with Crippen molar-refractivity contribution in [1.82, 2.24) is 9.88 Å². The van der Waals surface area contributed by atoms with Crippen LogP contribution in [0.4, 0.5) is 0 Å². The highest BCUT2D eigenvalue weighted by molar-refractivity contribution is 8.17. The van der Waals surface area contributed by atoms with Gasteiger partial charge in [0.05, 0.1) is 17.7 Å². The van der Waals surface area contributed by atoms with Crippen LogP contribution in [0.1, 0.15) is 35.7 Å². The number of benzene rings is 2. The van der Waals surface area contributed by atoms with E-state index in [1.165, 1.54) is 47.2 Å². The maximum atomic E-state index is 13.0. The van der Waals surface area contributed by atoms with Gasteiger partial charge in [-0.2, -0.15) is 0 Å². The van der Waals surface area contributed by atoms with Crippen LogP contribution < -0.4 is 0 Å². The van der Waals surface area contributed by atoms with Crippen molar-refractivity contribution >= 4 is 40.4 Å². The van der Waals surface area contributed by atoms with Crippen molar-refractivity contribution in [3.05, 3.63) is 71.4 Å². The van der Waals surface area contributed by atoms with Crippen LogP contribution in [0.3, 0.4) is 0 Å². The second-order valence-corrected chi connectivity index (χ2v) is 11.2. The Kier molecular flexibility index (Phi) is 6.30. The van der Waals surface area contributed by atoms with Crippen molar-refractivity contribution in [2.45, 2.75) is 42.5 Å². The Morgan fingerprint density at radius 3 is 2.61 bits per heavy atom. The molecule has 3 heterocycles. The summed E-state index contributed by atoms with van der Waals surface area (Å²) in [7, 11) is 1.51. The third-order valence-electron chi connectivity index (χ3n) is 6.37. The number of hydrogen-bond donors (Lipinski definition) is 1. The van der Waals surface area contributed by atoms with Crippen LogP contribution in [0.15, 0.2) is 54.6 Å². The molecule has 0 saturated carbocycles. The minimum absolute atomic E-state index is 0.138. The fraction of sp³-hybridized carbons (Fsp3) is 0.400. The number of methoxy groups -OCH3 is 1. The summed E-state index contributed by atoms with van der Waals surface area (Å²) in [5.74, 6) is 2.31. The molecule has 5 rings (SSSR count). The summed E-state index contributed by atoms with van der Waals surface area (Å²) in [5.41, 5.74) is 4.95. The van der Waals surface area contributed by atoms with Gasteiger partial charge in [0.15, 0.2) is 0 Å². The Hall–Kier alpha value is -1.89. The van der Waals surface area contributed by atoms with E-state index in [1.54, 1.807) is 0 Å². The molecule has 0 amide bonds. The molecule has 4 nitrogen and oxygen atoms in total. The highest BCUT2D eigenvalue weighted by atomic mass is 32.2. The lowest BCUT2D eigenvalue weighted by atomic mass is 9.89. The number of para-hydroxylation sites is 1. The highest BCUT2D eigenvalue weighted by Gasteiger charge is 2.41. The van der Waals surface area contributed by atoms with Crippen molar-refractivity contribution in [3.8, 4) is 0 Å². The van der Waals surface area contributed by atoms with Crippen LogP contribution in [-0.4, -0.2) is 45.1 Å². The van der Waals surface area contributed by atoms with E-state index >= 15 is 0 Å². The van der Waals surface area contributed by atoms with E-state index in [1.807, 2.05) is 6.07 Å². The lowest BCUT2D eigenvalue weighted by Gasteiger charge is -2.42. The minimum Gasteiger partial charge on any atom is -0.468 e. The van der Waals surface area contributed by atoms with Crippen LogP contribution in [-0.2, 0) is 22.5 Å². The number of H-pyrrole nitrogens is 1. The second-order valence-electron chi connectivity index (χ2n) is 8.24. The summed E-state index contributed by atoms with van der Waals surface area (Å²) >= 11 is 4.14. The van der Waals surface area contributed by atoms with Gasteiger partial charge < -0.3 is 9.72 Å². The standard InChI is InChI=1S/C25H28N2O2S2/c1-29-25(28)22-14-19-18-10-5-6-11-20(18)26-24(19)21(15-23-30-12-7-13-31-23)27(22)16-17-8-3-2-4-9-17/h2-6,8-11,21-23,26H,7,12-16H2,1H3/t21-,22-/m1/s1. The molecule has 2 aliphatic rings. The van der Waals surface area contributed by atoms with E-state index in [4.69, 9.17) is 4.74 Å². The van der Waals surface area contributed by atoms with Crippen LogP contribution >= 0.6 is 23.5 Å². The van der Waals surface area contributed by atoms with E-state index in [-0.39, 0.29) is 18.1 Å². The normalized spacial score (nSPS) is 22.4. The molecule has 1 saturated heterocycles. The van der Waals surface area contributed by atoms with Gasteiger partial charge in [-0.15, -0.1) is 23.5 Å². The largest absolute Gasteiger partial charge is 0.468 e. The number of hydrogen-bond acceptors (Lipinski definition) is 5.